The van der Waals surface area contributed by atoms with Gasteiger partial charge in [-0.05, 0) is 12.8 Å². The Labute approximate surface area is 60.8 Å². The average molecular weight is 144 g/mol. The second-order valence-electron chi connectivity index (χ2n) is 2.93. The van der Waals surface area contributed by atoms with Crippen molar-refractivity contribution in [2.24, 2.45) is 0 Å². The maximum Gasteiger partial charge on any atom is 0.457 e. The maximum atomic E-state index is 9.22. The molecule has 0 aromatic heterocycles. The summed E-state index contributed by atoms with van der Waals surface area (Å²) in [6, 6.07) is 0. The monoisotopic (exact) mass is 144 g/mol. The van der Waals surface area contributed by atoms with E-state index in [1.807, 2.05) is 0 Å². The van der Waals surface area contributed by atoms with Crippen molar-refractivity contribution in [2.75, 3.05) is 0 Å². The van der Waals surface area contributed by atoms with E-state index in [9.17, 15) is 5.11 Å². The largest absolute Gasteiger partial charge is 0.457 e. The summed E-state index contributed by atoms with van der Waals surface area (Å²) < 4.78 is 0. The predicted octanol–water partition coefficient (Wildman–Crippen LogP) is -0.236. The summed E-state index contributed by atoms with van der Waals surface area (Å²) >= 11 is 0. The van der Waals surface area contributed by atoms with Gasteiger partial charge in [0.2, 0.25) is 0 Å². The van der Waals surface area contributed by atoms with E-state index in [-0.39, 0.29) is 5.82 Å². The fraction of sp³-hybridized carbons (Fsp3) is 1.00. The molecule has 58 valence electrons. The normalized spacial score (nSPS) is 33.9. The number of aliphatic hydroxyl groups is 1. The minimum Gasteiger partial charge on any atom is -0.427 e. The van der Waals surface area contributed by atoms with Crippen LogP contribution in [0, 0.1) is 0 Å². The molecule has 0 spiro atoms. The van der Waals surface area contributed by atoms with E-state index in [0.29, 0.717) is 6.42 Å². The molecule has 3 nitrogen and oxygen atoms in total. The van der Waals surface area contributed by atoms with Crippen LogP contribution in [-0.4, -0.2) is 28.4 Å². The Bertz CT molecular complexity index is 107. The van der Waals surface area contributed by atoms with E-state index in [1.165, 1.54) is 0 Å². The number of hydrogen-bond acceptors (Lipinski definition) is 3. The molecule has 10 heavy (non-hydrogen) atoms. The molecule has 1 fully saturated rings. The van der Waals surface area contributed by atoms with Crippen LogP contribution in [0.4, 0.5) is 0 Å². The van der Waals surface area contributed by atoms with E-state index >= 15 is 0 Å². The lowest BCUT2D eigenvalue weighted by Gasteiger charge is -2.26. The van der Waals surface area contributed by atoms with Gasteiger partial charge in [-0.1, -0.05) is 12.8 Å². The van der Waals surface area contributed by atoms with Crippen molar-refractivity contribution < 1.29 is 15.2 Å². The first-order chi connectivity index (χ1) is 4.72. The molecule has 0 radical (unpaired) electrons. The van der Waals surface area contributed by atoms with E-state index < -0.39 is 13.2 Å². The van der Waals surface area contributed by atoms with Gasteiger partial charge in [-0.15, -0.1) is 0 Å². The Kier molecular flexibility index (Phi) is 2.71. The zero-order chi connectivity index (χ0) is 7.56. The van der Waals surface area contributed by atoms with Crippen molar-refractivity contribution in [1.29, 1.82) is 0 Å². The molecular weight excluding hydrogens is 131 g/mol. The van der Waals surface area contributed by atoms with Gasteiger partial charge in [0.15, 0.2) is 0 Å². The standard InChI is InChI=1S/C6H13BO3/c8-6-4-2-1-3-5(6)7(9)10/h5-6,8-10H,1-4H2. The van der Waals surface area contributed by atoms with E-state index in [0.717, 1.165) is 19.3 Å². The van der Waals surface area contributed by atoms with Gasteiger partial charge in [0.25, 0.3) is 0 Å². The van der Waals surface area contributed by atoms with Crippen LogP contribution >= 0.6 is 0 Å². The maximum absolute atomic E-state index is 9.22. The molecule has 2 atom stereocenters. The number of aliphatic hydroxyl groups excluding tert-OH is 1. The molecule has 3 N–H and O–H groups in total. The third kappa shape index (κ3) is 1.72. The number of rotatable bonds is 1. The van der Waals surface area contributed by atoms with Crippen LogP contribution in [-0.2, 0) is 0 Å². The fourth-order valence-electron chi connectivity index (χ4n) is 1.49. The van der Waals surface area contributed by atoms with Crippen LogP contribution in [0.25, 0.3) is 0 Å². The van der Waals surface area contributed by atoms with Gasteiger partial charge in [-0.25, -0.2) is 0 Å². The second-order valence-corrected chi connectivity index (χ2v) is 2.93. The highest BCUT2D eigenvalue weighted by Crippen LogP contribution is 2.29. The van der Waals surface area contributed by atoms with Crippen molar-refractivity contribution in [1.82, 2.24) is 0 Å². The smallest absolute Gasteiger partial charge is 0.427 e. The van der Waals surface area contributed by atoms with Crippen LogP contribution in [0.15, 0.2) is 0 Å². The van der Waals surface area contributed by atoms with Crippen molar-refractivity contribution in [2.45, 2.75) is 37.6 Å². The van der Waals surface area contributed by atoms with Gasteiger partial charge in [0.05, 0.1) is 6.10 Å². The van der Waals surface area contributed by atoms with Crippen LogP contribution in [0.2, 0.25) is 5.82 Å². The van der Waals surface area contributed by atoms with Crippen molar-refractivity contribution in [3.05, 3.63) is 0 Å². The first kappa shape index (κ1) is 8.05. The molecule has 0 aromatic carbocycles. The predicted molar refractivity (Wildman–Crippen MR) is 38.4 cm³/mol. The second kappa shape index (κ2) is 3.37. The zero-order valence-electron chi connectivity index (χ0n) is 5.90. The van der Waals surface area contributed by atoms with E-state index in [4.69, 9.17) is 10.0 Å². The van der Waals surface area contributed by atoms with Crippen LogP contribution in [0.3, 0.4) is 0 Å². The Morgan fingerprint density at radius 1 is 1.10 bits per heavy atom. The van der Waals surface area contributed by atoms with Gasteiger partial charge in [-0.3, -0.25) is 0 Å². The summed E-state index contributed by atoms with van der Waals surface area (Å²) in [5.74, 6) is -0.311. The van der Waals surface area contributed by atoms with Gasteiger partial charge >= 0.3 is 7.12 Å². The molecule has 0 aromatic rings. The van der Waals surface area contributed by atoms with Gasteiger partial charge in [-0.2, -0.15) is 0 Å². The Balaban J connectivity index is 2.40. The molecule has 1 aliphatic rings. The lowest BCUT2D eigenvalue weighted by molar-refractivity contribution is 0.116. The summed E-state index contributed by atoms with van der Waals surface area (Å²) in [4.78, 5) is 0. The summed E-state index contributed by atoms with van der Waals surface area (Å²) in [6.07, 6.45) is 2.94. The first-order valence-electron chi connectivity index (χ1n) is 3.76. The molecule has 0 amide bonds. The SMILES string of the molecule is OB(O)C1CCCCC1O. The molecule has 0 heterocycles. The Morgan fingerprint density at radius 3 is 2.10 bits per heavy atom. The van der Waals surface area contributed by atoms with Crippen molar-refractivity contribution >= 4 is 7.12 Å². The molecular formula is C6H13BO3. The molecule has 0 aliphatic heterocycles. The topological polar surface area (TPSA) is 60.7 Å². The van der Waals surface area contributed by atoms with Crippen molar-refractivity contribution in [3.63, 3.8) is 0 Å². The summed E-state index contributed by atoms with van der Waals surface area (Å²) in [6.45, 7) is 0. The minimum absolute atomic E-state index is 0.311. The lowest BCUT2D eigenvalue weighted by atomic mass is 9.64. The molecule has 2 unspecified atom stereocenters. The molecule has 1 rings (SSSR count). The molecule has 0 bridgehead atoms. The quantitative estimate of drug-likeness (QED) is 0.445. The highest BCUT2D eigenvalue weighted by Gasteiger charge is 2.32. The summed E-state index contributed by atoms with van der Waals surface area (Å²) in [5, 5.41) is 26.7. The highest BCUT2D eigenvalue weighted by atomic mass is 16.4. The summed E-state index contributed by atoms with van der Waals surface area (Å²) in [7, 11) is -1.34. The van der Waals surface area contributed by atoms with Gasteiger partial charge in [0.1, 0.15) is 0 Å². The van der Waals surface area contributed by atoms with E-state index in [2.05, 4.69) is 0 Å². The molecule has 1 saturated carbocycles. The third-order valence-electron chi connectivity index (χ3n) is 2.16. The Morgan fingerprint density at radius 2 is 1.70 bits per heavy atom. The first-order valence-corrected chi connectivity index (χ1v) is 3.76. The Hall–Kier alpha value is -0.0551. The van der Waals surface area contributed by atoms with Gasteiger partial charge in [0, 0.05) is 5.82 Å². The molecule has 4 heteroatoms. The van der Waals surface area contributed by atoms with Crippen LogP contribution < -0.4 is 0 Å². The van der Waals surface area contributed by atoms with Crippen molar-refractivity contribution in [3.8, 4) is 0 Å². The summed E-state index contributed by atoms with van der Waals surface area (Å²) in [5.41, 5.74) is 0. The lowest BCUT2D eigenvalue weighted by Crippen LogP contribution is -2.32. The highest BCUT2D eigenvalue weighted by molar-refractivity contribution is 6.43. The third-order valence-corrected chi connectivity index (χ3v) is 2.16. The van der Waals surface area contributed by atoms with Crippen LogP contribution in [0.5, 0.6) is 0 Å². The van der Waals surface area contributed by atoms with Gasteiger partial charge < -0.3 is 15.2 Å². The fourth-order valence-corrected chi connectivity index (χ4v) is 1.49. The number of hydrogen-bond donors (Lipinski definition) is 3. The zero-order valence-corrected chi connectivity index (χ0v) is 5.90. The molecule has 1 aliphatic carbocycles. The van der Waals surface area contributed by atoms with Crippen LogP contribution in [0.1, 0.15) is 25.7 Å². The average Bonchev–Trinajstić information content (AvgIpc) is 1.88. The molecule has 0 saturated heterocycles. The van der Waals surface area contributed by atoms with E-state index in [1.54, 1.807) is 0 Å². The minimum atomic E-state index is -1.34.